The molecule has 0 amide bonds. The first-order valence-electron chi connectivity index (χ1n) is 7.40. The summed E-state index contributed by atoms with van der Waals surface area (Å²) in [4.78, 5) is 16.9. The Hall–Kier alpha value is -3.35. The lowest BCUT2D eigenvalue weighted by Gasteiger charge is -2.10. The number of aromatic hydroxyl groups is 2. The van der Waals surface area contributed by atoms with E-state index in [4.69, 9.17) is 0 Å². The van der Waals surface area contributed by atoms with Gasteiger partial charge in [0.2, 0.25) is 5.95 Å². The number of para-hydroxylation sites is 1. The van der Waals surface area contributed by atoms with Crippen LogP contribution in [0.15, 0.2) is 52.4 Å². The van der Waals surface area contributed by atoms with Crippen LogP contribution in [-0.4, -0.2) is 26.0 Å². The molecule has 24 heavy (non-hydrogen) atoms. The second kappa shape index (κ2) is 6.41. The van der Waals surface area contributed by atoms with Crippen molar-refractivity contribution in [2.24, 2.45) is 5.10 Å². The van der Waals surface area contributed by atoms with Gasteiger partial charge in [0.1, 0.15) is 11.5 Å². The molecule has 0 aliphatic heterocycles. The number of fused-ring (bicyclic) bond motifs is 1. The van der Waals surface area contributed by atoms with Gasteiger partial charge in [-0.2, -0.15) is 5.10 Å². The molecule has 3 rings (SSSR count). The number of nitrogens with one attached hydrogen (secondary N) is 1. The Morgan fingerprint density at radius 3 is 2.79 bits per heavy atom. The molecule has 0 aliphatic rings. The lowest BCUT2D eigenvalue weighted by atomic mass is 10.2. The van der Waals surface area contributed by atoms with Crippen molar-refractivity contribution in [3.05, 3.63) is 58.4 Å². The number of hydrogen-bond donors (Lipinski definition) is 3. The average Bonchev–Trinajstić information content (AvgIpc) is 2.57. The minimum atomic E-state index is -0.145. The molecule has 0 saturated heterocycles. The van der Waals surface area contributed by atoms with E-state index in [2.05, 4.69) is 15.5 Å². The fourth-order valence-corrected chi connectivity index (χ4v) is 2.35. The molecule has 0 saturated carbocycles. The molecule has 0 spiro atoms. The molecule has 0 unspecified atom stereocenters. The summed E-state index contributed by atoms with van der Waals surface area (Å²) in [5.74, 6) is 0.184. The molecule has 3 aromatic rings. The lowest BCUT2D eigenvalue weighted by molar-refractivity contribution is 0.450. The predicted molar refractivity (Wildman–Crippen MR) is 92.7 cm³/mol. The number of hydrogen-bond acceptors (Lipinski definition) is 6. The van der Waals surface area contributed by atoms with Crippen molar-refractivity contribution in [3.8, 4) is 11.5 Å². The second-order valence-corrected chi connectivity index (χ2v) is 5.12. The van der Waals surface area contributed by atoms with Gasteiger partial charge in [-0.1, -0.05) is 12.1 Å². The molecule has 0 radical (unpaired) electrons. The smallest absolute Gasteiger partial charge is 0.262 e. The van der Waals surface area contributed by atoms with Gasteiger partial charge in [-0.15, -0.1) is 0 Å². The van der Waals surface area contributed by atoms with Crippen LogP contribution in [0.3, 0.4) is 0 Å². The third-order valence-corrected chi connectivity index (χ3v) is 3.56. The summed E-state index contributed by atoms with van der Waals surface area (Å²) in [6.07, 6.45) is 1.39. The Kier molecular flexibility index (Phi) is 4.15. The van der Waals surface area contributed by atoms with Crippen LogP contribution in [-0.2, 0) is 6.54 Å². The molecule has 7 heteroatoms. The van der Waals surface area contributed by atoms with Crippen molar-refractivity contribution in [3.63, 3.8) is 0 Å². The van der Waals surface area contributed by atoms with E-state index in [1.165, 1.54) is 29.0 Å². The number of phenolic OH excluding ortho intramolecular Hbond substituents is 2. The van der Waals surface area contributed by atoms with Crippen molar-refractivity contribution in [1.29, 1.82) is 0 Å². The van der Waals surface area contributed by atoms with E-state index >= 15 is 0 Å². The van der Waals surface area contributed by atoms with Crippen LogP contribution in [0.4, 0.5) is 5.95 Å². The molecule has 122 valence electrons. The number of rotatable bonds is 4. The number of benzene rings is 2. The van der Waals surface area contributed by atoms with E-state index in [1.54, 1.807) is 18.2 Å². The van der Waals surface area contributed by atoms with Gasteiger partial charge < -0.3 is 10.2 Å². The van der Waals surface area contributed by atoms with Crippen molar-refractivity contribution >= 4 is 23.1 Å². The van der Waals surface area contributed by atoms with Crippen LogP contribution < -0.4 is 11.0 Å². The third kappa shape index (κ3) is 2.91. The topological polar surface area (TPSA) is 99.7 Å². The van der Waals surface area contributed by atoms with E-state index in [0.29, 0.717) is 29.0 Å². The van der Waals surface area contributed by atoms with Gasteiger partial charge in [0.05, 0.1) is 17.1 Å². The van der Waals surface area contributed by atoms with Gasteiger partial charge in [-0.3, -0.25) is 9.36 Å². The first-order valence-corrected chi connectivity index (χ1v) is 7.40. The normalized spacial score (nSPS) is 11.2. The van der Waals surface area contributed by atoms with Crippen molar-refractivity contribution in [1.82, 2.24) is 9.55 Å². The largest absolute Gasteiger partial charge is 0.508 e. The van der Waals surface area contributed by atoms with Gasteiger partial charge in [-0.25, -0.2) is 10.4 Å². The van der Waals surface area contributed by atoms with E-state index in [0.717, 1.165) is 0 Å². The fraction of sp³-hybridized carbons (Fsp3) is 0.118. The second-order valence-electron chi connectivity index (χ2n) is 5.12. The Balaban J connectivity index is 1.95. The molecule has 0 fully saturated rings. The van der Waals surface area contributed by atoms with Crippen molar-refractivity contribution in [2.75, 3.05) is 5.43 Å². The zero-order valence-corrected chi connectivity index (χ0v) is 13.0. The van der Waals surface area contributed by atoms with Gasteiger partial charge in [0, 0.05) is 18.2 Å². The first kappa shape index (κ1) is 15.5. The number of hydrazone groups is 1. The summed E-state index contributed by atoms with van der Waals surface area (Å²) in [6.45, 7) is 2.29. The molecule has 3 N–H and O–H groups in total. The molecular formula is C17H16N4O3. The highest BCUT2D eigenvalue weighted by atomic mass is 16.3. The van der Waals surface area contributed by atoms with Gasteiger partial charge in [-0.05, 0) is 31.2 Å². The Morgan fingerprint density at radius 2 is 2.04 bits per heavy atom. The fourth-order valence-electron chi connectivity index (χ4n) is 2.35. The van der Waals surface area contributed by atoms with Crippen LogP contribution >= 0.6 is 0 Å². The molecule has 2 aromatic carbocycles. The Labute approximate surface area is 137 Å². The molecule has 0 bridgehead atoms. The molecule has 0 aliphatic carbocycles. The monoisotopic (exact) mass is 324 g/mol. The highest BCUT2D eigenvalue weighted by molar-refractivity contribution is 5.84. The van der Waals surface area contributed by atoms with Crippen LogP contribution in [0, 0.1) is 0 Å². The maximum Gasteiger partial charge on any atom is 0.262 e. The Bertz CT molecular complexity index is 979. The standard InChI is InChI=1S/C17H16N4O3/c1-2-21-16(24)13-5-3-4-6-14(13)19-17(21)20-18-10-11-7-8-12(22)9-15(11)23/h3-10,22-23H,2H2,1H3,(H,19,20)/b18-10+. The molecular weight excluding hydrogens is 308 g/mol. The van der Waals surface area contributed by atoms with E-state index in [-0.39, 0.29) is 17.1 Å². The first-order chi connectivity index (χ1) is 11.6. The predicted octanol–water partition coefficient (Wildman–Crippen LogP) is 2.27. The Morgan fingerprint density at radius 1 is 1.25 bits per heavy atom. The van der Waals surface area contributed by atoms with E-state index < -0.39 is 0 Å². The van der Waals surface area contributed by atoms with Gasteiger partial charge in [0.25, 0.3) is 5.56 Å². The minimum absolute atomic E-state index is 0.0337. The third-order valence-electron chi connectivity index (χ3n) is 3.56. The molecule has 0 atom stereocenters. The summed E-state index contributed by atoms with van der Waals surface area (Å²) < 4.78 is 1.48. The van der Waals surface area contributed by atoms with Gasteiger partial charge >= 0.3 is 0 Å². The molecule has 7 nitrogen and oxygen atoms in total. The maximum absolute atomic E-state index is 12.5. The van der Waals surface area contributed by atoms with E-state index in [9.17, 15) is 15.0 Å². The number of nitrogens with zero attached hydrogens (tertiary/aromatic N) is 3. The zero-order valence-electron chi connectivity index (χ0n) is 13.0. The summed E-state index contributed by atoms with van der Waals surface area (Å²) in [6, 6.07) is 11.3. The van der Waals surface area contributed by atoms with Crippen LogP contribution in [0.1, 0.15) is 12.5 Å². The SMILES string of the molecule is CCn1c(N/N=C/c2ccc(O)cc2O)nc2ccccc2c1=O. The molecule has 1 aromatic heterocycles. The van der Waals surface area contributed by atoms with E-state index in [1.807, 2.05) is 13.0 Å². The van der Waals surface area contributed by atoms with Crippen LogP contribution in [0.2, 0.25) is 0 Å². The highest BCUT2D eigenvalue weighted by Crippen LogP contribution is 2.20. The van der Waals surface area contributed by atoms with Crippen LogP contribution in [0.5, 0.6) is 11.5 Å². The number of phenols is 2. The highest BCUT2D eigenvalue weighted by Gasteiger charge is 2.08. The van der Waals surface area contributed by atoms with Crippen molar-refractivity contribution < 1.29 is 10.2 Å². The van der Waals surface area contributed by atoms with Gasteiger partial charge in [0.15, 0.2) is 0 Å². The maximum atomic E-state index is 12.5. The van der Waals surface area contributed by atoms with Crippen molar-refractivity contribution in [2.45, 2.75) is 13.5 Å². The summed E-state index contributed by atoms with van der Waals surface area (Å²) in [5, 5.41) is 23.6. The quantitative estimate of drug-likeness (QED) is 0.505. The minimum Gasteiger partial charge on any atom is -0.508 e. The summed E-state index contributed by atoms with van der Waals surface area (Å²) in [7, 11) is 0. The number of aromatic nitrogens is 2. The van der Waals surface area contributed by atoms with Crippen LogP contribution in [0.25, 0.3) is 10.9 Å². The molecule has 1 heterocycles. The lowest BCUT2D eigenvalue weighted by Crippen LogP contribution is -2.23. The summed E-state index contributed by atoms with van der Waals surface area (Å²) >= 11 is 0. The number of anilines is 1. The summed E-state index contributed by atoms with van der Waals surface area (Å²) in [5.41, 5.74) is 3.59. The average molecular weight is 324 g/mol. The zero-order chi connectivity index (χ0) is 17.1.